The van der Waals surface area contributed by atoms with Crippen molar-refractivity contribution in [2.75, 3.05) is 34.2 Å². The quantitative estimate of drug-likeness (QED) is 0.736. The van der Waals surface area contributed by atoms with Crippen LogP contribution in [0.5, 0.6) is 0 Å². The number of carbonyl (C=O) groups is 1. The Bertz CT molecular complexity index is 190. The van der Waals surface area contributed by atoms with Crippen molar-refractivity contribution in [3.8, 4) is 0 Å². The van der Waals surface area contributed by atoms with E-state index in [-0.39, 0.29) is 11.6 Å². The maximum Gasteiger partial charge on any atom is 0.317 e. The molecule has 0 heterocycles. The molecular formula is C10H23N3O. The van der Waals surface area contributed by atoms with Gasteiger partial charge in [-0.2, -0.15) is 0 Å². The lowest BCUT2D eigenvalue weighted by Crippen LogP contribution is -2.50. The second-order valence-corrected chi connectivity index (χ2v) is 4.38. The van der Waals surface area contributed by atoms with Crippen molar-refractivity contribution in [3.05, 3.63) is 0 Å². The maximum absolute atomic E-state index is 11.4. The summed E-state index contributed by atoms with van der Waals surface area (Å²) in [6, 6.07) is -0.0116. The molecule has 1 N–H and O–H groups in total. The summed E-state index contributed by atoms with van der Waals surface area (Å²) in [4.78, 5) is 15.2. The van der Waals surface area contributed by atoms with Crippen LogP contribution in [0.2, 0.25) is 0 Å². The Labute approximate surface area is 87.3 Å². The molecule has 0 aromatic carbocycles. The Kier molecular flexibility index (Phi) is 4.91. The average Bonchev–Trinajstić information content (AvgIpc) is 2.12. The number of likely N-dealkylation sites (N-methyl/N-ethyl adjacent to an activating group) is 1. The summed E-state index contributed by atoms with van der Waals surface area (Å²) < 4.78 is 0. The number of nitrogens with one attached hydrogen (secondary N) is 1. The largest absolute Gasteiger partial charge is 0.336 e. The minimum absolute atomic E-state index is 0.00968. The van der Waals surface area contributed by atoms with E-state index in [1.165, 1.54) is 0 Å². The van der Waals surface area contributed by atoms with Crippen LogP contribution in [-0.2, 0) is 0 Å². The first-order chi connectivity index (χ1) is 6.31. The van der Waals surface area contributed by atoms with Crippen LogP contribution >= 0.6 is 0 Å². The lowest BCUT2D eigenvalue weighted by atomic mass is 10.0. The fourth-order valence-electron chi connectivity index (χ4n) is 0.729. The maximum atomic E-state index is 11.4. The molecule has 0 fully saturated rings. The molecule has 0 aliphatic heterocycles. The highest BCUT2D eigenvalue weighted by molar-refractivity contribution is 5.73. The van der Waals surface area contributed by atoms with Gasteiger partial charge in [0.2, 0.25) is 0 Å². The summed E-state index contributed by atoms with van der Waals surface area (Å²) in [5.74, 6) is 0. The van der Waals surface area contributed by atoms with Gasteiger partial charge in [0.1, 0.15) is 0 Å². The van der Waals surface area contributed by atoms with Gasteiger partial charge in [0.15, 0.2) is 0 Å². The molecule has 0 saturated carbocycles. The van der Waals surface area contributed by atoms with Gasteiger partial charge in [-0.3, -0.25) is 0 Å². The van der Waals surface area contributed by atoms with Crippen molar-refractivity contribution in [1.29, 1.82) is 0 Å². The van der Waals surface area contributed by atoms with Crippen LogP contribution in [-0.4, -0.2) is 55.6 Å². The molecule has 0 aromatic rings. The summed E-state index contributed by atoms with van der Waals surface area (Å²) in [7, 11) is 5.81. The van der Waals surface area contributed by atoms with Gasteiger partial charge >= 0.3 is 6.03 Å². The third-order valence-electron chi connectivity index (χ3n) is 2.70. The first kappa shape index (κ1) is 13.2. The SMILES string of the molecule is CCN(C)C(=O)NCC(C)(C)N(C)C. The average molecular weight is 201 g/mol. The Morgan fingerprint density at radius 1 is 1.29 bits per heavy atom. The van der Waals surface area contributed by atoms with E-state index in [2.05, 4.69) is 24.1 Å². The number of amides is 2. The number of hydrogen-bond donors (Lipinski definition) is 1. The van der Waals surface area contributed by atoms with E-state index < -0.39 is 0 Å². The summed E-state index contributed by atoms with van der Waals surface area (Å²) in [5, 5.41) is 2.90. The number of carbonyl (C=O) groups excluding carboxylic acids is 1. The van der Waals surface area contributed by atoms with E-state index in [0.29, 0.717) is 6.54 Å². The molecule has 84 valence electrons. The van der Waals surface area contributed by atoms with E-state index in [1.54, 1.807) is 11.9 Å². The van der Waals surface area contributed by atoms with Gasteiger partial charge in [-0.15, -0.1) is 0 Å². The lowest BCUT2D eigenvalue weighted by Gasteiger charge is -2.33. The Balaban J connectivity index is 4.00. The van der Waals surface area contributed by atoms with Gasteiger partial charge in [-0.1, -0.05) is 0 Å². The summed E-state index contributed by atoms with van der Waals surface area (Å²) in [6.07, 6.45) is 0. The molecule has 0 aromatic heterocycles. The summed E-state index contributed by atoms with van der Waals surface area (Å²) in [6.45, 7) is 7.53. The molecule has 14 heavy (non-hydrogen) atoms. The zero-order valence-electron chi connectivity index (χ0n) is 10.2. The second-order valence-electron chi connectivity index (χ2n) is 4.38. The van der Waals surface area contributed by atoms with E-state index in [4.69, 9.17) is 0 Å². The molecular weight excluding hydrogens is 178 g/mol. The number of nitrogens with zero attached hydrogens (tertiary/aromatic N) is 2. The van der Waals surface area contributed by atoms with Gasteiger partial charge in [0.05, 0.1) is 0 Å². The molecule has 0 aliphatic carbocycles. The van der Waals surface area contributed by atoms with Crippen LogP contribution in [0.25, 0.3) is 0 Å². The molecule has 2 amide bonds. The fourth-order valence-corrected chi connectivity index (χ4v) is 0.729. The van der Waals surface area contributed by atoms with Crippen molar-refractivity contribution in [2.45, 2.75) is 26.3 Å². The molecule has 0 radical (unpaired) electrons. The zero-order valence-corrected chi connectivity index (χ0v) is 10.2. The summed E-state index contributed by atoms with van der Waals surface area (Å²) >= 11 is 0. The fraction of sp³-hybridized carbons (Fsp3) is 0.900. The van der Waals surface area contributed by atoms with Crippen molar-refractivity contribution in [1.82, 2.24) is 15.1 Å². The van der Waals surface area contributed by atoms with Crippen LogP contribution < -0.4 is 5.32 Å². The third-order valence-corrected chi connectivity index (χ3v) is 2.70. The lowest BCUT2D eigenvalue weighted by molar-refractivity contribution is 0.176. The van der Waals surface area contributed by atoms with E-state index in [9.17, 15) is 4.79 Å². The highest BCUT2D eigenvalue weighted by atomic mass is 16.2. The van der Waals surface area contributed by atoms with E-state index in [0.717, 1.165) is 6.54 Å². The predicted octanol–water partition coefficient (Wildman–Crippen LogP) is 0.988. The van der Waals surface area contributed by atoms with Gasteiger partial charge < -0.3 is 15.1 Å². The highest BCUT2D eigenvalue weighted by Crippen LogP contribution is 2.07. The molecule has 0 bridgehead atoms. The summed E-state index contributed by atoms with van der Waals surface area (Å²) in [5.41, 5.74) is -0.00968. The van der Waals surface area contributed by atoms with Crippen molar-refractivity contribution >= 4 is 6.03 Å². The van der Waals surface area contributed by atoms with Crippen molar-refractivity contribution in [3.63, 3.8) is 0 Å². The third kappa shape index (κ3) is 3.96. The van der Waals surface area contributed by atoms with E-state index >= 15 is 0 Å². The van der Waals surface area contributed by atoms with Crippen LogP contribution in [0.1, 0.15) is 20.8 Å². The molecule has 4 nitrogen and oxygen atoms in total. The van der Waals surface area contributed by atoms with Crippen LogP contribution in [0, 0.1) is 0 Å². The Morgan fingerprint density at radius 2 is 1.79 bits per heavy atom. The van der Waals surface area contributed by atoms with Crippen LogP contribution in [0.15, 0.2) is 0 Å². The molecule has 0 unspecified atom stereocenters. The monoisotopic (exact) mass is 201 g/mol. The predicted molar refractivity (Wildman–Crippen MR) is 59.5 cm³/mol. The molecule has 0 spiro atoms. The van der Waals surface area contributed by atoms with Crippen molar-refractivity contribution in [2.24, 2.45) is 0 Å². The topological polar surface area (TPSA) is 35.6 Å². The minimum Gasteiger partial charge on any atom is -0.336 e. The smallest absolute Gasteiger partial charge is 0.317 e. The molecule has 0 atom stereocenters. The standard InChI is InChI=1S/C10H23N3O/c1-7-13(6)9(14)11-8-10(2,3)12(4)5/h7-8H2,1-6H3,(H,11,14). The van der Waals surface area contributed by atoms with Gasteiger partial charge in [-0.25, -0.2) is 4.79 Å². The Morgan fingerprint density at radius 3 is 2.14 bits per heavy atom. The normalized spacial score (nSPS) is 11.6. The number of hydrogen-bond acceptors (Lipinski definition) is 2. The van der Waals surface area contributed by atoms with Gasteiger partial charge in [0.25, 0.3) is 0 Å². The number of rotatable bonds is 4. The minimum atomic E-state index is -0.0116. The van der Waals surface area contributed by atoms with Gasteiger partial charge in [-0.05, 0) is 34.9 Å². The van der Waals surface area contributed by atoms with Gasteiger partial charge in [0, 0.05) is 25.7 Å². The highest BCUT2D eigenvalue weighted by Gasteiger charge is 2.21. The molecule has 4 heteroatoms. The van der Waals surface area contributed by atoms with E-state index in [1.807, 2.05) is 21.0 Å². The number of urea groups is 1. The molecule has 0 saturated heterocycles. The first-order valence-electron chi connectivity index (χ1n) is 4.97. The van der Waals surface area contributed by atoms with Crippen LogP contribution in [0.3, 0.4) is 0 Å². The zero-order chi connectivity index (χ0) is 11.4. The van der Waals surface area contributed by atoms with Crippen molar-refractivity contribution < 1.29 is 4.79 Å². The second kappa shape index (κ2) is 5.20. The van der Waals surface area contributed by atoms with Crippen LogP contribution in [0.4, 0.5) is 4.79 Å². The first-order valence-corrected chi connectivity index (χ1v) is 4.97. The Hall–Kier alpha value is -0.770. The molecule has 0 rings (SSSR count). The molecule has 0 aliphatic rings.